The predicted octanol–water partition coefficient (Wildman–Crippen LogP) is 5.27. The molecule has 4 rings (SSSR count). The summed E-state index contributed by atoms with van der Waals surface area (Å²) in [5.74, 6) is 1.21. The number of aromatic nitrogens is 3. The van der Waals surface area contributed by atoms with E-state index < -0.39 is 0 Å². The van der Waals surface area contributed by atoms with Gasteiger partial charge in [-0.2, -0.15) is 0 Å². The van der Waals surface area contributed by atoms with Crippen molar-refractivity contribution in [2.24, 2.45) is 0 Å². The normalized spacial score (nSPS) is 14.1. The van der Waals surface area contributed by atoms with Gasteiger partial charge in [0.25, 0.3) is 0 Å². The molecule has 1 fully saturated rings. The number of benzene rings is 2. The highest BCUT2D eigenvalue weighted by Crippen LogP contribution is 2.33. The molecule has 1 aromatic heterocycles. The minimum atomic E-state index is -0.384. The number of thioether (sulfide) groups is 1. The van der Waals surface area contributed by atoms with Crippen LogP contribution in [0.5, 0.6) is 5.75 Å². The van der Waals surface area contributed by atoms with Crippen molar-refractivity contribution in [1.82, 2.24) is 14.8 Å². The molecule has 0 saturated heterocycles. The van der Waals surface area contributed by atoms with Crippen molar-refractivity contribution in [2.75, 3.05) is 23.5 Å². The molecule has 174 valence electrons. The number of halogens is 1. The standard InChI is InChI=1S/C24H28FN5O2S/c1-32-21-12-6-8-18(14-21)26-15-22-28-29-24(30(22)20-10-3-2-4-11-20)33-16-23(31)27-19-9-5-7-17(25)13-19/h5-9,12-14,20,26H,2-4,10-11,15-16H2,1H3,(H,27,31). The van der Waals surface area contributed by atoms with E-state index in [2.05, 4.69) is 25.4 Å². The molecule has 33 heavy (non-hydrogen) atoms. The Morgan fingerprint density at radius 3 is 2.70 bits per heavy atom. The number of ether oxygens (including phenoxy) is 1. The molecule has 7 nitrogen and oxygen atoms in total. The number of carbonyl (C=O) groups excluding carboxylic acids is 1. The Balaban J connectivity index is 1.45. The van der Waals surface area contributed by atoms with Crippen LogP contribution in [0.15, 0.2) is 53.7 Å². The fraction of sp³-hybridized carbons (Fsp3) is 0.375. The van der Waals surface area contributed by atoms with Gasteiger partial charge in [-0.25, -0.2) is 4.39 Å². The molecular weight excluding hydrogens is 441 g/mol. The molecule has 0 radical (unpaired) electrons. The van der Waals surface area contributed by atoms with E-state index >= 15 is 0 Å². The first kappa shape index (κ1) is 23.1. The highest BCUT2D eigenvalue weighted by atomic mass is 32.2. The number of nitrogens with one attached hydrogen (secondary N) is 2. The third-order valence-corrected chi connectivity index (χ3v) is 6.58. The van der Waals surface area contributed by atoms with E-state index in [1.54, 1.807) is 19.2 Å². The summed E-state index contributed by atoms with van der Waals surface area (Å²) in [4.78, 5) is 12.4. The molecule has 0 bridgehead atoms. The van der Waals surface area contributed by atoms with Gasteiger partial charge in [0.1, 0.15) is 11.6 Å². The lowest BCUT2D eigenvalue weighted by Crippen LogP contribution is -2.19. The van der Waals surface area contributed by atoms with Crippen LogP contribution in [0, 0.1) is 5.82 Å². The summed E-state index contributed by atoms with van der Waals surface area (Å²) in [5.41, 5.74) is 1.38. The summed E-state index contributed by atoms with van der Waals surface area (Å²) >= 11 is 1.36. The molecular formula is C24H28FN5O2S. The lowest BCUT2D eigenvalue weighted by Gasteiger charge is -2.25. The van der Waals surface area contributed by atoms with Crippen LogP contribution in [-0.2, 0) is 11.3 Å². The Hall–Kier alpha value is -3.07. The summed E-state index contributed by atoms with van der Waals surface area (Å²) < 4.78 is 20.9. The molecule has 2 N–H and O–H groups in total. The topological polar surface area (TPSA) is 81.1 Å². The SMILES string of the molecule is COc1cccc(NCc2nnc(SCC(=O)Nc3cccc(F)c3)n2C2CCCCC2)c1. The number of hydrogen-bond donors (Lipinski definition) is 2. The molecule has 1 amide bonds. The van der Waals surface area contributed by atoms with Gasteiger partial charge in [-0.3, -0.25) is 4.79 Å². The molecule has 1 aliphatic rings. The van der Waals surface area contributed by atoms with E-state index in [-0.39, 0.29) is 17.5 Å². The summed E-state index contributed by atoms with van der Waals surface area (Å²) in [6.07, 6.45) is 5.75. The summed E-state index contributed by atoms with van der Waals surface area (Å²) in [5, 5.41) is 15.7. The van der Waals surface area contributed by atoms with Crippen molar-refractivity contribution in [1.29, 1.82) is 0 Å². The second-order valence-corrected chi connectivity index (χ2v) is 8.94. The number of hydrogen-bond acceptors (Lipinski definition) is 6. The van der Waals surface area contributed by atoms with Crippen molar-refractivity contribution in [2.45, 2.75) is 49.8 Å². The first-order chi connectivity index (χ1) is 16.1. The minimum Gasteiger partial charge on any atom is -0.497 e. The van der Waals surface area contributed by atoms with Gasteiger partial charge in [0.2, 0.25) is 5.91 Å². The molecule has 9 heteroatoms. The number of methoxy groups -OCH3 is 1. The summed E-state index contributed by atoms with van der Waals surface area (Å²) in [6, 6.07) is 14.0. The largest absolute Gasteiger partial charge is 0.497 e. The van der Waals surface area contributed by atoms with Gasteiger partial charge < -0.3 is 19.9 Å². The van der Waals surface area contributed by atoms with Crippen LogP contribution in [-0.4, -0.2) is 33.5 Å². The maximum absolute atomic E-state index is 13.4. The van der Waals surface area contributed by atoms with Crippen LogP contribution in [0.4, 0.5) is 15.8 Å². The van der Waals surface area contributed by atoms with Gasteiger partial charge in [-0.15, -0.1) is 10.2 Å². The second kappa shape index (κ2) is 11.2. The maximum atomic E-state index is 13.4. The van der Waals surface area contributed by atoms with Crippen LogP contribution < -0.4 is 15.4 Å². The van der Waals surface area contributed by atoms with Gasteiger partial charge in [-0.05, 0) is 43.2 Å². The molecule has 0 atom stereocenters. The predicted molar refractivity (Wildman–Crippen MR) is 128 cm³/mol. The molecule has 1 saturated carbocycles. The summed E-state index contributed by atoms with van der Waals surface area (Å²) in [6.45, 7) is 0.521. The van der Waals surface area contributed by atoms with Crippen molar-refractivity contribution in [3.63, 3.8) is 0 Å². The molecule has 0 unspecified atom stereocenters. The Kier molecular flexibility index (Phi) is 7.83. The number of nitrogens with zero attached hydrogens (tertiary/aromatic N) is 3. The van der Waals surface area contributed by atoms with E-state index in [0.717, 1.165) is 35.3 Å². The Labute approximate surface area is 197 Å². The second-order valence-electron chi connectivity index (χ2n) is 7.99. The monoisotopic (exact) mass is 469 g/mol. The zero-order valence-corrected chi connectivity index (χ0v) is 19.4. The lowest BCUT2D eigenvalue weighted by atomic mass is 9.95. The highest BCUT2D eigenvalue weighted by molar-refractivity contribution is 7.99. The van der Waals surface area contributed by atoms with Gasteiger partial charge in [0, 0.05) is 23.5 Å². The van der Waals surface area contributed by atoms with Crippen molar-refractivity contribution in [3.05, 3.63) is 60.2 Å². The van der Waals surface area contributed by atoms with Crippen LogP contribution in [0.1, 0.15) is 44.0 Å². The number of anilines is 2. The zero-order chi connectivity index (χ0) is 23.0. The third kappa shape index (κ3) is 6.25. The summed E-state index contributed by atoms with van der Waals surface area (Å²) in [7, 11) is 1.65. The van der Waals surface area contributed by atoms with Crippen LogP contribution >= 0.6 is 11.8 Å². The first-order valence-electron chi connectivity index (χ1n) is 11.1. The quantitative estimate of drug-likeness (QED) is 0.415. The highest BCUT2D eigenvalue weighted by Gasteiger charge is 2.23. The van der Waals surface area contributed by atoms with Gasteiger partial charge in [0.15, 0.2) is 11.0 Å². The molecule has 0 spiro atoms. The zero-order valence-electron chi connectivity index (χ0n) is 18.6. The molecule has 2 aromatic carbocycles. The average Bonchev–Trinajstić information content (AvgIpc) is 3.25. The van der Waals surface area contributed by atoms with Gasteiger partial charge >= 0.3 is 0 Å². The van der Waals surface area contributed by atoms with E-state index in [0.29, 0.717) is 18.3 Å². The maximum Gasteiger partial charge on any atom is 0.234 e. The Morgan fingerprint density at radius 1 is 1.12 bits per heavy atom. The minimum absolute atomic E-state index is 0.171. The average molecular weight is 470 g/mol. The van der Waals surface area contributed by atoms with Crippen molar-refractivity contribution >= 4 is 29.0 Å². The Bertz CT molecular complexity index is 1080. The fourth-order valence-electron chi connectivity index (χ4n) is 4.04. The smallest absolute Gasteiger partial charge is 0.234 e. The third-order valence-electron chi connectivity index (χ3n) is 5.64. The fourth-order valence-corrected chi connectivity index (χ4v) is 4.86. The van der Waals surface area contributed by atoms with E-state index in [9.17, 15) is 9.18 Å². The van der Waals surface area contributed by atoms with Crippen LogP contribution in [0.3, 0.4) is 0 Å². The van der Waals surface area contributed by atoms with E-state index in [1.807, 2.05) is 24.3 Å². The van der Waals surface area contributed by atoms with Crippen LogP contribution in [0.25, 0.3) is 0 Å². The van der Waals surface area contributed by atoms with Gasteiger partial charge in [-0.1, -0.05) is 43.2 Å². The number of carbonyl (C=O) groups is 1. The molecule has 3 aromatic rings. The number of rotatable bonds is 9. The lowest BCUT2D eigenvalue weighted by molar-refractivity contribution is -0.113. The van der Waals surface area contributed by atoms with Crippen molar-refractivity contribution < 1.29 is 13.9 Å². The molecule has 0 aliphatic heterocycles. The Morgan fingerprint density at radius 2 is 1.91 bits per heavy atom. The van der Waals surface area contributed by atoms with Crippen molar-refractivity contribution in [3.8, 4) is 5.75 Å². The van der Waals surface area contributed by atoms with Crippen LogP contribution in [0.2, 0.25) is 0 Å². The number of amides is 1. The molecule has 1 aliphatic carbocycles. The first-order valence-corrected chi connectivity index (χ1v) is 12.1. The van der Waals surface area contributed by atoms with E-state index in [4.69, 9.17) is 4.74 Å². The van der Waals surface area contributed by atoms with Gasteiger partial charge in [0.05, 0.1) is 19.4 Å². The van der Waals surface area contributed by atoms with E-state index in [1.165, 1.54) is 43.2 Å². The molecule has 1 heterocycles.